The Labute approximate surface area is 426 Å². The van der Waals surface area contributed by atoms with Crippen molar-refractivity contribution >= 4 is 150 Å². The number of nitrogens with zero attached hydrogens (tertiary/aromatic N) is 5. The number of rotatable bonds is 7. The summed E-state index contributed by atoms with van der Waals surface area (Å²) in [5, 5.41) is 15.0. The molecule has 0 fully saturated rings. The molecule has 12 rings (SSSR count). The van der Waals surface area contributed by atoms with Gasteiger partial charge in [-0.25, -0.2) is 4.98 Å². The average Bonchev–Trinajstić information content (AvgIpc) is 3.95. The van der Waals surface area contributed by atoms with Crippen LogP contribution in [0.1, 0.15) is 5.56 Å². The zero-order chi connectivity index (χ0) is 49.7. The molecule has 6 nitrogen and oxygen atoms in total. The summed E-state index contributed by atoms with van der Waals surface area (Å²) in [7, 11) is 53.3. The molecule has 0 aliphatic carbocycles. The molecule has 72 heavy (non-hydrogen) atoms. The standard InChI is InChI=1S/C58H31B8N5O/c1-29-45(59)44(48(62)50(64)46(29)60)39-25-24-32(43-47(61)51(65)52(66)55(72)49(43)63)28-42(39)70-40-22-12-10-19-34(40)36-26-27-37-35-20-11-13-23-41(35)71(54(37)53(36)70)58-68-56(31-16-6-3-7-17-31)67-57(69-58)38-21-9-8-18-33(38)30-14-4-2-5-15-30/h2-28,72H,1H3. The van der Waals surface area contributed by atoms with Gasteiger partial charge < -0.3 is 9.67 Å². The maximum absolute atomic E-state index is 11.2. The fourth-order valence-electron chi connectivity index (χ4n) is 10.3. The van der Waals surface area contributed by atoms with E-state index in [2.05, 4.69) is 63.7 Å². The number of fused-ring (bicyclic) bond motifs is 7. The van der Waals surface area contributed by atoms with Gasteiger partial charge in [-0.1, -0.05) is 173 Å². The molecule has 3 aromatic heterocycles. The number of hydrogen-bond acceptors (Lipinski definition) is 4. The maximum atomic E-state index is 11.2. The summed E-state index contributed by atoms with van der Waals surface area (Å²) in [5.41, 5.74) is 11.1. The second-order valence-corrected chi connectivity index (χ2v) is 17.9. The lowest BCUT2D eigenvalue weighted by molar-refractivity contribution is 0.484. The molecule has 14 heteroatoms. The van der Waals surface area contributed by atoms with E-state index in [9.17, 15) is 5.11 Å². The largest absolute Gasteiger partial charge is 0.509 e. The topological polar surface area (TPSA) is 68.8 Å². The van der Waals surface area contributed by atoms with Crippen molar-refractivity contribution in [2.24, 2.45) is 0 Å². The van der Waals surface area contributed by atoms with Crippen LogP contribution < -0.4 is 43.7 Å². The van der Waals surface area contributed by atoms with Gasteiger partial charge in [0.25, 0.3) is 0 Å². The fraction of sp³-hybridized carbons (Fsp3) is 0.0172. The van der Waals surface area contributed by atoms with E-state index in [1.807, 2.05) is 116 Å². The molecule has 0 saturated carbocycles. The SMILES string of the molecule is [B]c1c([B])c(O)c([B])c(-c2ccc(-c3c([B])c([B])c([B])c(C)c3[B])c(-n3c4ccccc4c4ccc5c6ccccc6n(-c6nc(-c7ccccc7)nc(-c7ccccc7-c7ccccc7)n6)c5c43)c2)c1[B]. The van der Waals surface area contributed by atoms with Gasteiger partial charge in [0.2, 0.25) is 5.95 Å². The minimum absolute atomic E-state index is 0.00109. The Hall–Kier alpha value is -8.09. The van der Waals surface area contributed by atoms with Gasteiger partial charge in [0.1, 0.15) is 68.5 Å². The van der Waals surface area contributed by atoms with Crippen LogP contribution in [0.25, 0.3) is 111 Å². The van der Waals surface area contributed by atoms with Gasteiger partial charge in [-0.2, -0.15) is 9.97 Å². The van der Waals surface area contributed by atoms with Crippen molar-refractivity contribution in [3.63, 3.8) is 0 Å². The number of benzene rings is 9. The fourth-order valence-corrected chi connectivity index (χ4v) is 10.3. The van der Waals surface area contributed by atoms with Crippen LogP contribution in [0.3, 0.4) is 0 Å². The highest BCUT2D eigenvalue weighted by Gasteiger charge is 2.27. The molecule has 0 atom stereocenters. The summed E-state index contributed by atoms with van der Waals surface area (Å²) in [4.78, 5) is 16.0. The summed E-state index contributed by atoms with van der Waals surface area (Å²) in [6.45, 7) is 1.81. The highest BCUT2D eigenvalue weighted by molar-refractivity contribution is 6.63. The van der Waals surface area contributed by atoms with Gasteiger partial charge in [-0.3, -0.25) is 4.57 Å². The van der Waals surface area contributed by atoms with Crippen LogP contribution in [0.2, 0.25) is 0 Å². The molecule has 318 valence electrons. The molecule has 0 aliphatic heterocycles. The smallest absolute Gasteiger partial charge is 0.238 e. The predicted molar refractivity (Wildman–Crippen MR) is 305 cm³/mol. The van der Waals surface area contributed by atoms with Crippen molar-refractivity contribution in [2.45, 2.75) is 6.92 Å². The van der Waals surface area contributed by atoms with Crippen molar-refractivity contribution in [1.82, 2.24) is 24.1 Å². The van der Waals surface area contributed by atoms with Crippen LogP contribution in [0.15, 0.2) is 164 Å². The Kier molecular flexibility index (Phi) is 10.9. The van der Waals surface area contributed by atoms with Gasteiger partial charge in [-0.05, 0) is 58.4 Å². The van der Waals surface area contributed by atoms with E-state index in [4.69, 9.17) is 77.7 Å². The molecular formula is C58H31B8N5O. The summed E-state index contributed by atoms with van der Waals surface area (Å²) in [5.74, 6) is 1.01. The van der Waals surface area contributed by atoms with Crippen molar-refractivity contribution in [3.8, 4) is 73.5 Å². The first kappa shape index (κ1) is 45.1. The van der Waals surface area contributed by atoms with E-state index in [0.29, 0.717) is 62.0 Å². The third-order valence-corrected chi connectivity index (χ3v) is 13.9. The van der Waals surface area contributed by atoms with Crippen molar-refractivity contribution in [1.29, 1.82) is 0 Å². The average molecular weight is 900 g/mol. The molecule has 0 aliphatic rings. The van der Waals surface area contributed by atoms with Crippen molar-refractivity contribution in [3.05, 3.63) is 169 Å². The Morgan fingerprint density at radius 3 is 1.57 bits per heavy atom. The summed E-state index contributed by atoms with van der Waals surface area (Å²) < 4.78 is 4.30. The second kappa shape index (κ2) is 17.3. The summed E-state index contributed by atoms with van der Waals surface area (Å²) in [6, 6.07) is 54.6. The number of aromatic hydroxyl groups is 1. The van der Waals surface area contributed by atoms with Crippen LogP contribution in [-0.2, 0) is 0 Å². The Morgan fingerprint density at radius 2 is 0.903 bits per heavy atom. The summed E-state index contributed by atoms with van der Waals surface area (Å²) in [6.07, 6.45) is 0. The molecule has 3 heterocycles. The number of para-hydroxylation sites is 2. The molecule has 0 amide bonds. The third-order valence-electron chi connectivity index (χ3n) is 13.9. The molecule has 12 aromatic rings. The summed E-state index contributed by atoms with van der Waals surface area (Å²) >= 11 is 0. The number of phenolic OH excluding ortho intramolecular Hbond substituents is 1. The van der Waals surface area contributed by atoms with Gasteiger partial charge in [-0.15, -0.1) is 16.4 Å². The minimum Gasteiger partial charge on any atom is -0.509 e. The number of hydrogen-bond donors (Lipinski definition) is 1. The van der Waals surface area contributed by atoms with Crippen LogP contribution in [-0.4, -0.2) is 92.0 Å². The zero-order valence-electron chi connectivity index (χ0n) is 38.9. The molecule has 9 aromatic carbocycles. The Morgan fingerprint density at radius 1 is 0.375 bits per heavy atom. The highest BCUT2D eigenvalue weighted by Crippen LogP contribution is 2.44. The highest BCUT2D eigenvalue weighted by atomic mass is 16.3. The maximum Gasteiger partial charge on any atom is 0.238 e. The molecule has 1 N–H and O–H groups in total. The predicted octanol–water partition coefficient (Wildman–Crippen LogP) is 4.77. The number of aromatic nitrogens is 5. The first-order valence-electron chi connectivity index (χ1n) is 23.2. The van der Waals surface area contributed by atoms with E-state index in [0.717, 1.165) is 65.9 Å². The third kappa shape index (κ3) is 6.87. The molecule has 0 unspecified atom stereocenters. The number of phenols is 1. The minimum atomic E-state index is -0.376. The van der Waals surface area contributed by atoms with E-state index < -0.39 is 0 Å². The first-order valence-corrected chi connectivity index (χ1v) is 23.2. The normalized spacial score (nSPS) is 11.6. The lowest BCUT2D eigenvalue weighted by atomic mass is 9.63. The van der Waals surface area contributed by atoms with Crippen molar-refractivity contribution < 1.29 is 5.11 Å². The molecule has 16 radical (unpaired) electrons. The first-order chi connectivity index (χ1) is 34.9. The van der Waals surface area contributed by atoms with E-state index in [1.165, 1.54) is 0 Å². The zero-order valence-corrected chi connectivity index (χ0v) is 38.9. The van der Waals surface area contributed by atoms with Crippen molar-refractivity contribution in [2.75, 3.05) is 0 Å². The lowest BCUT2D eigenvalue weighted by Gasteiger charge is -2.25. The second-order valence-electron chi connectivity index (χ2n) is 17.9. The van der Waals surface area contributed by atoms with Crippen LogP contribution in [0, 0.1) is 6.92 Å². The van der Waals surface area contributed by atoms with E-state index >= 15 is 0 Å². The quantitative estimate of drug-likeness (QED) is 0.235. The Bertz CT molecular complexity index is 4170. The molecule has 0 bridgehead atoms. The van der Waals surface area contributed by atoms with E-state index in [1.54, 1.807) is 0 Å². The Balaban J connectivity index is 1.26. The molecule has 0 saturated heterocycles. The van der Waals surface area contributed by atoms with Gasteiger partial charge in [0.05, 0.1) is 27.8 Å². The van der Waals surface area contributed by atoms with E-state index in [-0.39, 0.29) is 38.5 Å². The lowest BCUT2D eigenvalue weighted by Crippen LogP contribution is -2.46. The van der Waals surface area contributed by atoms with Crippen LogP contribution >= 0.6 is 0 Å². The van der Waals surface area contributed by atoms with Crippen LogP contribution in [0.5, 0.6) is 5.75 Å². The van der Waals surface area contributed by atoms with Gasteiger partial charge >= 0.3 is 0 Å². The monoisotopic (exact) mass is 901 g/mol. The van der Waals surface area contributed by atoms with Crippen LogP contribution in [0.4, 0.5) is 0 Å². The molecule has 0 spiro atoms. The van der Waals surface area contributed by atoms with Gasteiger partial charge in [0, 0.05) is 38.2 Å². The van der Waals surface area contributed by atoms with Gasteiger partial charge in [0.15, 0.2) is 11.6 Å². The molecular weight excluding hydrogens is 869 g/mol.